The van der Waals surface area contributed by atoms with Crippen molar-refractivity contribution in [3.8, 4) is 0 Å². The maximum Gasteiger partial charge on any atom is 0.278 e. The Morgan fingerprint density at radius 1 is 1.11 bits per heavy atom. The number of anilines is 1. The first-order valence-corrected chi connectivity index (χ1v) is 9.25. The van der Waals surface area contributed by atoms with E-state index in [-0.39, 0.29) is 30.5 Å². The predicted octanol–water partition coefficient (Wildman–Crippen LogP) is 4.10. The van der Waals surface area contributed by atoms with Crippen molar-refractivity contribution in [1.82, 2.24) is 4.90 Å². The lowest BCUT2D eigenvalue weighted by molar-refractivity contribution is -0.137. The number of amides is 2. The van der Waals surface area contributed by atoms with Crippen LogP contribution in [0.5, 0.6) is 0 Å². The van der Waals surface area contributed by atoms with Crippen LogP contribution in [0.25, 0.3) is 5.57 Å². The number of hydrogen-bond acceptors (Lipinski definition) is 4. The molecule has 1 aliphatic rings. The van der Waals surface area contributed by atoms with Crippen LogP contribution in [-0.2, 0) is 14.3 Å². The molecule has 2 amide bonds. The highest BCUT2D eigenvalue weighted by Gasteiger charge is 2.39. The zero-order valence-corrected chi connectivity index (χ0v) is 16.3. The minimum absolute atomic E-state index is 0.0126. The molecule has 0 fully saturated rings. The van der Waals surface area contributed by atoms with Crippen LogP contribution in [0.3, 0.4) is 0 Å². The molecule has 0 spiro atoms. The second kappa shape index (κ2) is 8.54. The van der Waals surface area contributed by atoms with Crippen LogP contribution in [0.1, 0.15) is 19.4 Å². The summed E-state index contributed by atoms with van der Waals surface area (Å²) < 4.78 is 19.0. The molecule has 3 rings (SSSR count). The van der Waals surface area contributed by atoms with Crippen molar-refractivity contribution < 1.29 is 18.7 Å². The van der Waals surface area contributed by atoms with Gasteiger partial charge in [0.2, 0.25) is 0 Å². The molecule has 5 nitrogen and oxygen atoms in total. The lowest BCUT2D eigenvalue weighted by Crippen LogP contribution is -2.35. The summed E-state index contributed by atoms with van der Waals surface area (Å²) in [7, 11) is 0. The fourth-order valence-electron chi connectivity index (χ4n) is 2.87. The minimum Gasteiger partial charge on any atom is -0.377 e. The van der Waals surface area contributed by atoms with Crippen molar-refractivity contribution in [1.29, 1.82) is 0 Å². The third kappa shape index (κ3) is 4.40. The summed E-state index contributed by atoms with van der Waals surface area (Å²) in [5.74, 6) is -1.36. The van der Waals surface area contributed by atoms with Gasteiger partial charge in [-0.15, -0.1) is 0 Å². The van der Waals surface area contributed by atoms with E-state index in [9.17, 15) is 14.0 Å². The van der Waals surface area contributed by atoms with Crippen LogP contribution in [-0.4, -0.2) is 36.0 Å². The van der Waals surface area contributed by atoms with E-state index in [2.05, 4.69) is 5.32 Å². The summed E-state index contributed by atoms with van der Waals surface area (Å²) in [5.41, 5.74) is 1.25. The number of benzene rings is 2. The number of rotatable bonds is 7. The van der Waals surface area contributed by atoms with Gasteiger partial charge in [-0.1, -0.05) is 29.8 Å². The van der Waals surface area contributed by atoms with E-state index in [1.54, 1.807) is 30.3 Å². The molecule has 0 unspecified atom stereocenters. The summed E-state index contributed by atoms with van der Waals surface area (Å²) in [6.07, 6.45) is -0.0126. The van der Waals surface area contributed by atoms with Gasteiger partial charge >= 0.3 is 0 Å². The Morgan fingerprint density at radius 3 is 2.46 bits per heavy atom. The molecule has 0 saturated carbocycles. The number of halogens is 2. The first kappa shape index (κ1) is 20.0. The molecule has 1 N–H and O–H groups in total. The van der Waals surface area contributed by atoms with E-state index in [0.29, 0.717) is 16.3 Å². The Balaban J connectivity index is 1.96. The van der Waals surface area contributed by atoms with Crippen LogP contribution in [0.15, 0.2) is 54.2 Å². The van der Waals surface area contributed by atoms with Gasteiger partial charge in [0, 0.05) is 10.7 Å². The topological polar surface area (TPSA) is 58.6 Å². The number of hydrogen-bond donors (Lipinski definition) is 1. The molecule has 0 aromatic heterocycles. The van der Waals surface area contributed by atoms with Gasteiger partial charge in [0.25, 0.3) is 11.8 Å². The maximum absolute atomic E-state index is 13.5. The van der Waals surface area contributed by atoms with Crippen LogP contribution in [0.4, 0.5) is 10.1 Å². The van der Waals surface area contributed by atoms with Gasteiger partial charge in [0.1, 0.15) is 11.5 Å². The quantitative estimate of drug-likeness (QED) is 0.708. The number of nitrogens with one attached hydrogen (secondary N) is 1. The molecule has 28 heavy (non-hydrogen) atoms. The van der Waals surface area contributed by atoms with Gasteiger partial charge in [-0.2, -0.15) is 0 Å². The first-order chi connectivity index (χ1) is 13.4. The van der Waals surface area contributed by atoms with Gasteiger partial charge < -0.3 is 10.1 Å². The molecule has 0 radical (unpaired) electrons. The Hall–Kier alpha value is -2.70. The average molecular weight is 403 g/mol. The predicted molar refractivity (Wildman–Crippen MR) is 106 cm³/mol. The number of ether oxygens (including phenoxy) is 1. The van der Waals surface area contributed by atoms with Crippen molar-refractivity contribution in [3.05, 3.63) is 70.6 Å². The zero-order chi connectivity index (χ0) is 20.3. The molecule has 146 valence electrons. The fourth-order valence-corrected chi connectivity index (χ4v) is 3.00. The van der Waals surface area contributed by atoms with E-state index in [1.807, 2.05) is 13.8 Å². The molecule has 0 aliphatic carbocycles. The van der Waals surface area contributed by atoms with Crippen molar-refractivity contribution in [2.45, 2.75) is 20.0 Å². The Bertz CT molecular complexity index is 926. The Kier molecular flexibility index (Phi) is 6.11. The molecule has 1 aliphatic heterocycles. The van der Waals surface area contributed by atoms with Gasteiger partial charge in [-0.05, 0) is 49.7 Å². The lowest BCUT2D eigenvalue weighted by Gasteiger charge is -2.16. The summed E-state index contributed by atoms with van der Waals surface area (Å²) in [6.45, 7) is 4.11. The molecular formula is C21H20ClFN2O3. The van der Waals surface area contributed by atoms with Crippen LogP contribution < -0.4 is 5.32 Å². The number of nitrogens with zero attached hydrogens (tertiary/aromatic N) is 1. The normalized spacial score (nSPS) is 14.4. The molecule has 7 heteroatoms. The first-order valence-electron chi connectivity index (χ1n) is 8.87. The Morgan fingerprint density at radius 2 is 1.82 bits per heavy atom. The molecule has 0 atom stereocenters. The molecule has 1 heterocycles. The molecule has 0 bridgehead atoms. The van der Waals surface area contributed by atoms with E-state index in [4.69, 9.17) is 16.3 Å². The largest absolute Gasteiger partial charge is 0.377 e. The van der Waals surface area contributed by atoms with Gasteiger partial charge in [0.05, 0.1) is 24.8 Å². The van der Waals surface area contributed by atoms with Crippen LogP contribution >= 0.6 is 11.6 Å². The van der Waals surface area contributed by atoms with Crippen LogP contribution in [0.2, 0.25) is 5.02 Å². The van der Waals surface area contributed by atoms with Crippen molar-refractivity contribution in [3.63, 3.8) is 0 Å². The van der Waals surface area contributed by atoms with E-state index in [0.717, 1.165) is 4.90 Å². The van der Waals surface area contributed by atoms with Gasteiger partial charge in [-0.3, -0.25) is 14.5 Å². The summed E-state index contributed by atoms with van der Waals surface area (Å²) in [5, 5.41) is 3.42. The van der Waals surface area contributed by atoms with E-state index < -0.39 is 17.6 Å². The van der Waals surface area contributed by atoms with E-state index >= 15 is 0 Å². The van der Waals surface area contributed by atoms with Crippen molar-refractivity contribution in [2.75, 3.05) is 18.5 Å². The van der Waals surface area contributed by atoms with Crippen LogP contribution in [0, 0.1) is 5.82 Å². The van der Waals surface area contributed by atoms with Gasteiger partial charge in [-0.25, -0.2) is 4.39 Å². The minimum atomic E-state index is -0.480. The third-order valence-corrected chi connectivity index (χ3v) is 4.41. The molecule has 2 aromatic carbocycles. The van der Waals surface area contributed by atoms with Crippen molar-refractivity contribution >= 4 is 34.7 Å². The second-order valence-corrected chi connectivity index (χ2v) is 7.01. The smallest absolute Gasteiger partial charge is 0.278 e. The summed E-state index contributed by atoms with van der Waals surface area (Å²) >= 11 is 5.94. The van der Waals surface area contributed by atoms with Gasteiger partial charge in [0.15, 0.2) is 0 Å². The number of imide groups is 1. The summed E-state index contributed by atoms with van der Waals surface area (Å²) in [6, 6.07) is 12.3. The number of carbonyl (C=O) groups excluding carboxylic acids is 2. The monoisotopic (exact) mass is 402 g/mol. The fraction of sp³-hybridized carbons (Fsp3) is 0.238. The highest BCUT2D eigenvalue weighted by atomic mass is 35.5. The zero-order valence-electron chi connectivity index (χ0n) is 15.5. The average Bonchev–Trinajstić information content (AvgIpc) is 2.87. The highest BCUT2D eigenvalue weighted by molar-refractivity contribution is 6.36. The Labute approximate surface area is 167 Å². The second-order valence-electron chi connectivity index (χ2n) is 6.57. The lowest BCUT2D eigenvalue weighted by atomic mass is 10.0. The maximum atomic E-state index is 13.5. The molecule has 2 aromatic rings. The van der Waals surface area contributed by atoms with E-state index in [1.165, 1.54) is 18.2 Å². The SMILES string of the molecule is CC(C)OCCN1C(=O)C(Nc2cccc(F)c2)=C(c2ccc(Cl)cc2)C1=O. The molecular weight excluding hydrogens is 383 g/mol. The summed E-state index contributed by atoms with van der Waals surface area (Å²) in [4.78, 5) is 27.1. The molecule has 0 saturated heterocycles. The highest BCUT2D eigenvalue weighted by Crippen LogP contribution is 2.31. The standard InChI is InChI=1S/C21H20ClFN2O3/c1-13(2)28-11-10-25-20(26)18(14-6-8-15(22)9-7-14)19(21(25)27)24-17-5-3-4-16(23)12-17/h3-9,12-13,24H,10-11H2,1-2H3. The van der Waals surface area contributed by atoms with Crippen molar-refractivity contribution in [2.24, 2.45) is 0 Å². The third-order valence-electron chi connectivity index (χ3n) is 4.16. The number of carbonyl (C=O) groups is 2.